The summed E-state index contributed by atoms with van der Waals surface area (Å²) in [5.41, 5.74) is 1.03. The molecule has 7 heteroatoms. The van der Waals surface area contributed by atoms with Crippen LogP contribution in [0.4, 0.5) is 0 Å². The number of fused-ring (bicyclic) bond motifs is 1. The van der Waals surface area contributed by atoms with E-state index < -0.39 is 6.04 Å². The molecule has 0 spiro atoms. The summed E-state index contributed by atoms with van der Waals surface area (Å²) in [5, 5.41) is 2.50. The summed E-state index contributed by atoms with van der Waals surface area (Å²) in [5.74, 6) is 1.54. The molecule has 4 aromatic rings. The van der Waals surface area contributed by atoms with E-state index in [1.807, 2.05) is 71.8 Å². The Labute approximate surface area is 209 Å². The second kappa shape index (κ2) is 10.9. The summed E-state index contributed by atoms with van der Waals surface area (Å²) in [6.45, 7) is 6.82. The molecular formula is C28H31N3O3S. The largest absolute Gasteiger partial charge is 0.495 e. The molecule has 0 aliphatic rings. The fourth-order valence-electron chi connectivity index (χ4n) is 4.21. The summed E-state index contributed by atoms with van der Waals surface area (Å²) in [7, 11) is 1.58. The Balaban J connectivity index is 1.88. The number of carbonyl (C=O) groups is 1. The van der Waals surface area contributed by atoms with Gasteiger partial charge in [0, 0.05) is 11.4 Å². The average molecular weight is 490 g/mol. The number of methoxy groups -OCH3 is 1. The van der Waals surface area contributed by atoms with Crippen molar-refractivity contribution in [2.75, 3.05) is 13.7 Å². The molecule has 1 unspecified atom stereocenters. The Morgan fingerprint density at radius 2 is 1.80 bits per heavy atom. The Morgan fingerprint density at radius 3 is 2.51 bits per heavy atom. The van der Waals surface area contributed by atoms with Gasteiger partial charge in [-0.2, -0.15) is 0 Å². The normalized spacial score (nSPS) is 12.1. The predicted molar refractivity (Wildman–Crippen MR) is 141 cm³/mol. The maximum absolute atomic E-state index is 13.8. The first kappa shape index (κ1) is 24.7. The number of aromatic nitrogens is 2. The third-order valence-corrected chi connectivity index (χ3v) is 7.02. The molecular weight excluding hydrogens is 458 g/mol. The van der Waals surface area contributed by atoms with E-state index >= 15 is 0 Å². The highest BCUT2D eigenvalue weighted by Gasteiger charge is 2.28. The van der Waals surface area contributed by atoms with Gasteiger partial charge in [0.25, 0.3) is 5.56 Å². The minimum absolute atomic E-state index is 0.0228. The number of nitrogens with zero attached hydrogens (tertiary/aromatic N) is 3. The minimum Gasteiger partial charge on any atom is -0.495 e. The first-order chi connectivity index (χ1) is 16.9. The molecule has 4 rings (SSSR count). The van der Waals surface area contributed by atoms with E-state index in [0.29, 0.717) is 47.0 Å². The molecule has 0 saturated carbocycles. The molecule has 1 atom stereocenters. The van der Waals surface area contributed by atoms with Crippen molar-refractivity contribution in [3.8, 4) is 11.4 Å². The summed E-state index contributed by atoms with van der Waals surface area (Å²) in [6.07, 6.45) is 1.18. The second-order valence-electron chi connectivity index (χ2n) is 9.00. The van der Waals surface area contributed by atoms with E-state index in [2.05, 4.69) is 13.8 Å². The van der Waals surface area contributed by atoms with Crippen LogP contribution < -0.4 is 10.3 Å². The number of thiophene rings is 1. The third kappa shape index (κ3) is 5.30. The number of rotatable bonds is 9. The van der Waals surface area contributed by atoms with Gasteiger partial charge in [-0.25, -0.2) is 4.98 Å². The predicted octanol–water partition coefficient (Wildman–Crippen LogP) is 5.63. The van der Waals surface area contributed by atoms with Crippen LogP contribution in [0.1, 0.15) is 43.9 Å². The summed E-state index contributed by atoms with van der Waals surface area (Å²) < 4.78 is 7.20. The lowest BCUT2D eigenvalue weighted by atomic mass is 10.1. The number of para-hydroxylation sites is 3. The van der Waals surface area contributed by atoms with E-state index in [-0.39, 0.29) is 11.5 Å². The van der Waals surface area contributed by atoms with Crippen LogP contribution in [0.15, 0.2) is 70.8 Å². The van der Waals surface area contributed by atoms with Crippen molar-refractivity contribution in [3.63, 3.8) is 0 Å². The monoisotopic (exact) mass is 489 g/mol. The van der Waals surface area contributed by atoms with E-state index in [1.54, 1.807) is 29.1 Å². The van der Waals surface area contributed by atoms with Crippen molar-refractivity contribution in [1.29, 1.82) is 0 Å². The van der Waals surface area contributed by atoms with E-state index in [0.717, 1.165) is 11.3 Å². The maximum Gasteiger partial charge on any atom is 0.266 e. The first-order valence-corrected chi connectivity index (χ1v) is 12.8. The van der Waals surface area contributed by atoms with E-state index in [1.165, 1.54) is 0 Å². The van der Waals surface area contributed by atoms with Crippen LogP contribution in [-0.2, 0) is 11.2 Å². The van der Waals surface area contributed by atoms with Crippen molar-refractivity contribution in [2.45, 2.75) is 39.7 Å². The minimum atomic E-state index is -0.427. The quantitative estimate of drug-likeness (QED) is 0.305. The van der Waals surface area contributed by atoms with E-state index in [9.17, 15) is 9.59 Å². The number of ether oxygens (including phenoxy) is 1. The fourth-order valence-corrected chi connectivity index (χ4v) is 4.91. The van der Waals surface area contributed by atoms with Gasteiger partial charge in [-0.1, -0.05) is 44.2 Å². The van der Waals surface area contributed by atoms with Gasteiger partial charge in [0.2, 0.25) is 5.91 Å². The number of amides is 1. The highest BCUT2D eigenvalue weighted by atomic mass is 32.1. The summed E-state index contributed by atoms with van der Waals surface area (Å²) in [6, 6.07) is 18.2. The SMILES string of the molecule is COc1ccccc1-n1c(C(C)N(CCC(C)C)C(=O)Cc2cccs2)nc2ccccc2c1=O. The molecule has 2 aromatic carbocycles. The Hall–Kier alpha value is -3.45. The van der Waals surface area contributed by atoms with E-state index in [4.69, 9.17) is 9.72 Å². The number of carbonyl (C=O) groups excluding carboxylic acids is 1. The zero-order chi connectivity index (χ0) is 24.9. The molecule has 0 bridgehead atoms. The molecule has 0 saturated heterocycles. The van der Waals surface area contributed by atoms with Crippen LogP contribution in [0.2, 0.25) is 0 Å². The Morgan fingerprint density at radius 1 is 1.06 bits per heavy atom. The van der Waals surface area contributed by atoms with Gasteiger partial charge in [-0.3, -0.25) is 14.2 Å². The molecule has 0 N–H and O–H groups in total. The second-order valence-corrected chi connectivity index (χ2v) is 10.0. The molecule has 0 radical (unpaired) electrons. The van der Waals surface area contributed by atoms with Gasteiger partial charge in [0.1, 0.15) is 11.6 Å². The lowest BCUT2D eigenvalue weighted by molar-refractivity contribution is -0.133. The van der Waals surface area contributed by atoms with Crippen molar-refractivity contribution >= 4 is 28.1 Å². The van der Waals surface area contributed by atoms with Crippen molar-refractivity contribution in [3.05, 3.63) is 87.1 Å². The standard InChI is InChI=1S/C28H31N3O3S/c1-19(2)15-16-30(26(32)18-21-10-9-17-35-21)20(3)27-29-23-12-6-5-11-22(23)28(33)31(27)24-13-7-8-14-25(24)34-4/h5-14,17,19-20H,15-16,18H2,1-4H3. The molecule has 2 heterocycles. The van der Waals surface area contributed by atoms with Crippen LogP contribution in [0.5, 0.6) is 5.75 Å². The van der Waals surface area contributed by atoms with Gasteiger partial charge in [0.15, 0.2) is 0 Å². The van der Waals surface area contributed by atoms with Crippen molar-refractivity contribution in [1.82, 2.24) is 14.5 Å². The Kier molecular flexibility index (Phi) is 7.66. The van der Waals surface area contributed by atoms with Gasteiger partial charge in [-0.05, 0) is 55.0 Å². The lowest BCUT2D eigenvalue weighted by Gasteiger charge is -2.31. The molecule has 1 amide bonds. The van der Waals surface area contributed by atoms with Gasteiger partial charge in [-0.15, -0.1) is 11.3 Å². The van der Waals surface area contributed by atoms with Gasteiger partial charge < -0.3 is 9.64 Å². The molecule has 0 fully saturated rings. The topological polar surface area (TPSA) is 64.4 Å². The molecule has 0 aliphatic heterocycles. The number of benzene rings is 2. The van der Waals surface area contributed by atoms with Crippen LogP contribution in [-0.4, -0.2) is 34.0 Å². The van der Waals surface area contributed by atoms with Gasteiger partial charge >= 0.3 is 0 Å². The molecule has 2 aromatic heterocycles. The maximum atomic E-state index is 13.8. The highest BCUT2D eigenvalue weighted by Crippen LogP contribution is 2.28. The van der Waals surface area contributed by atoms with Crippen molar-refractivity contribution in [2.24, 2.45) is 5.92 Å². The lowest BCUT2D eigenvalue weighted by Crippen LogP contribution is -2.39. The molecule has 0 aliphatic carbocycles. The first-order valence-electron chi connectivity index (χ1n) is 11.9. The molecule has 6 nitrogen and oxygen atoms in total. The molecule has 182 valence electrons. The fraction of sp³-hybridized carbons (Fsp3) is 0.321. The van der Waals surface area contributed by atoms with Crippen molar-refractivity contribution < 1.29 is 9.53 Å². The van der Waals surface area contributed by atoms with Gasteiger partial charge in [0.05, 0.1) is 36.2 Å². The zero-order valence-electron chi connectivity index (χ0n) is 20.6. The van der Waals surface area contributed by atoms with Crippen LogP contribution >= 0.6 is 11.3 Å². The molecule has 35 heavy (non-hydrogen) atoms. The Bertz CT molecular complexity index is 1360. The highest BCUT2D eigenvalue weighted by molar-refractivity contribution is 7.10. The van der Waals surface area contributed by atoms with Crippen LogP contribution in [0, 0.1) is 5.92 Å². The third-order valence-electron chi connectivity index (χ3n) is 6.14. The van der Waals surface area contributed by atoms with Crippen LogP contribution in [0.3, 0.4) is 0 Å². The number of hydrogen-bond acceptors (Lipinski definition) is 5. The smallest absolute Gasteiger partial charge is 0.266 e. The average Bonchev–Trinajstić information content (AvgIpc) is 3.37. The number of hydrogen-bond donors (Lipinski definition) is 0. The zero-order valence-corrected chi connectivity index (χ0v) is 21.4. The summed E-state index contributed by atoms with van der Waals surface area (Å²) in [4.78, 5) is 35.2. The summed E-state index contributed by atoms with van der Waals surface area (Å²) >= 11 is 1.57. The van der Waals surface area contributed by atoms with Crippen LogP contribution in [0.25, 0.3) is 16.6 Å².